The van der Waals surface area contributed by atoms with Gasteiger partial charge in [-0.3, -0.25) is 0 Å². The summed E-state index contributed by atoms with van der Waals surface area (Å²) >= 11 is 0. The summed E-state index contributed by atoms with van der Waals surface area (Å²) in [6.45, 7) is 4.67. The SMILES string of the molecule is COc1cc2ccc(-c3ccc(OCC(C)C)cc3)c(F)c2c(F)c1F. The number of rotatable bonds is 5. The van der Waals surface area contributed by atoms with Crippen LogP contribution in [0, 0.1) is 23.4 Å². The fourth-order valence-corrected chi connectivity index (χ4v) is 2.72. The molecule has 136 valence electrons. The Morgan fingerprint density at radius 3 is 2.19 bits per heavy atom. The van der Waals surface area contributed by atoms with Crippen molar-refractivity contribution in [3.8, 4) is 22.6 Å². The predicted octanol–water partition coefficient (Wildman–Crippen LogP) is 5.97. The standard InChI is InChI=1S/C21H19F3O2/c1-12(2)11-26-15-7-4-13(5-8-15)16-9-6-14-10-17(25-3)20(23)21(24)18(14)19(16)22/h4-10,12H,11H2,1-3H3. The lowest BCUT2D eigenvalue weighted by Crippen LogP contribution is -2.04. The highest BCUT2D eigenvalue weighted by atomic mass is 19.2. The molecule has 0 atom stereocenters. The Balaban J connectivity index is 2.03. The fourth-order valence-electron chi connectivity index (χ4n) is 2.72. The van der Waals surface area contributed by atoms with E-state index in [1.807, 2.05) is 13.8 Å². The van der Waals surface area contributed by atoms with Gasteiger partial charge in [-0.15, -0.1) is 0 Å². The van der Waals surface area contributed by atoms with Crippen LogP contribution in [0.25, 0.3) is 21.9 Å². The van der Waals surface area contributed by atoms with E-state index >= 15 is 0 Å². The second-order valence-electron chi connectivity index (χ2n) is 6.46. The van der Waals surface area contributed by atoms with Crippen LogP contribution >= 0.6 is 0 Å². The molecule has 0 heterocycles. The maximum atomic E-state index is 14.9. The Bertz CT molecular complexity index is 934. The van der Waals surface area contributed by atoms with Crippen LogP contribution in [-0.4, -0.2) is 13.7 Å². The topological polar surface area (TPSA) is 18.5 Å². The van der Waals surface area contributed by atoms with Gasteiger partial charge in [-0.1, -0.05) is 38.1 Å². The molecule has 0 aliphatic carbocycles. The van der Waals surface area contributed by atoms with Crippen LogP contribution in [0.1, 0.15) is 13.8 Å². The summed E-state index contributed by atoms with van der Waals surface area (Å²) in [7, 11) is 1.23. The van der Waals surface area contributed by atoms with Crippen LogP contribution in [0.5, 0.6) is 11.5 Å². The van der Waals surface area contributed by atoms with Crippen molar-refractivity contribution in [1.29, 1.82) is 0 Å². The molecule has 0 aliphatic heterocycles. The summed E-state index contributed by atoms with van der Waals surface area (Å²) < 4.78 is 53.6. The molecule has 0 bridgehead atoms. The fraction of sp³-hybridized carbons (Fsp3) is 0.238. The largest absolute Gasteiger partial charge is 0.494 e. The lowest BCUT2D eigenvalue weighted by molar-refractivity contribution is 0.271. The molecule has 0 amide bonds. The van der Waals surface area contributed by atoms with E-state index < -0.39 is 17.5 Å². The zero-order valence-corrected chi connectivity index (χ0v) is 14.8. The van der Waals surface area contributed by atoms with Crippen molar-refractivity contribution in [2.75, 3.05) is 13.7 Å². The third-order valence-electron chi connectivity index (χ3n) is 4.06. The van der Waals surface area contributed by atoms with Gasteiger partial charge in [0.1, 0.15) is 11.6 Å². The Labute approximate surface area is 150 Å². The van der Waals surface area contributed by atoms with Gasteiger partial charge in [0.05, 0.1) is 19.1 Å². The number of hydrogen-bond acceptors (Lipinski definition) is 2. The molecule has 3 rings (SSSR count). The van der Waals surface area contributed by atoms with Crippen LogP contribution < -0.4 is 9.47 Å². The molecule has 0 saturated heterocycles. The highest BCUT2D eigenvalue weighted by molar-refractivity contribution is 5.90. The Hall–Kier alpha value is -2.69. The molecule has 0 spiro atoms. The third kappa shape index (κ3) is 3.34. The molecule has 0 fully saturated rings. The molecule has 3 aromatic carbocycles. The first-order chi connectivity index (χ1) is 12.4. The zero-order valence-electron chi connectivity index (χ0n) is 14.8. The van der Waals surface area contributed by atoms with E-state index in [0.717, 1.165) is 0 Å². The molecule has 2 nitrogen and oxygen atoms in total. The van der Waals surface area contributed by atoms with E-state index in [1.54, 1.807) is 36.4 Å². The summed E-state index contributed by atoms with van der Waals surface area (Å²) in [6.07, 6.45) is 0. The average molecular weight is 360 g/mol. The Morgan fingerprint density at radius 2 is 1.58 bits per heavy atom. The van der Waals surface area contributed by atoms with Crippen molar-refractivity contribution in [3.05, 3.63) is 59.9 Å². The minimum absolute atomic E-state index is 0.191. The second kappa shape index (κ2) is 7.28. The van der Waals surface area contributed by atoms with Gasteiger partial charge < -0.3 is 9.47 Å². The van der Waals surface area contributed by atoms with E-state index in [4.69, 9.17) is 9.47 Å². The van der Waals surface area contributed by atoms with Crippen molar-refractivity contribution in [2.45, 2.75) is 13.8 Å². The van der Waals surface area contributed by atoms with Gasteiger partial charge in [0.2, 0.25) is 5.82 Å². The summed E-state index contributed by atoms with van der Waals surface area (Å²) in [5.74, 6) is -2.46. The number of halogens is 3. The zero-order chi connectivity index (χ0) is 18.8. The van der Waals surface area contributed by atoms with Crippen LogP contribution in [-0.2, 0) is 0 Å². The lowest BCUT2D eigenvalue weighted by atomic mass is 9.99. The van der Waals surface area contributed by atoms with E-state index in [-0.39, 0.29) is 22.1 Å². The molecule has 0 aliphatic rings. The van der Waals surface area contributed by atoms with Gasteiger partial charge in [-0.05, 0) is 35.1 Å². The van der Waals surface area contributed by atoms with Crippen LogP contribution in [0.2, 0.25) is 0 Å². The minimum Gasteiger partial charge on any atom is -0.494 e. The number of methoxy groups -OCH3 is 1. The first-order valence-corrected chi connectivity index (χ1v) is 8.29. The quantitative estimate of drug-likeness (QED) is 0.558. The van der Waals surface area contributed by atoms with Crippen molar-refractivity contribution in [2.24, 2.45) is 5.92 Å². The van der Waals surface area contributed by atoms with Gasteiger partial charge in [0, 0.05) is 5.56 Å². The van der Waals surface area contributed by atoms with Crippen molar-refractivity contribution < 1.29 is 22.6 Å². The lowest BCUT2D eigenvalue weighted by Gasteiger charge is -2.12. The maximum absolute atomic E-state index is 14.9. The Morgan fingerprint density at radius 1 is 0.885 bits per heavy atom. The molecular weight excluding hydrogens is 341 g/mol. The number of fused-ring (bicyclic) bond motifs is 1. The summed E-state index contributed by atoms with van der Waals surface area (Å²) in [4.78, 5) is 0. The molecule has 0 radical (unpaired) electrons. The maximum Gasteiger partial charge on any atom is 0.201 e. The molecule has 3 aromatic rings. The normalized spacial score (nSPS) is 11.2. The Kier molecular flexibility index (Phi) is 5.07. The third-order valence-corrected chi connectivity index (χ3v) is 4.06. The monoisotopic (exact) mass is 360 g/mol. The van der Waals surface area contributed by atoms with Crippen LogP contribution in [0.4, 0.5) is 13.2 Å². The van der Waals surface area contributed by atoms with Crippen molar-refractivity contribution >= 4 is 10.8 Å². The van der Waals surface area contributed by atoms with Crippen LogP contribution in [0.3, 0.4) is 0 Å². The van der Waals surface area contributed by atoms with Gasteiger partial charge in [0.25, 0.3) is 0 Å². The molecule has 0 aromatic heterocycles. The molecule has 5 heteroatoms. The van der Waals surface area contributed by atoms with Crippen LogP contribution in [0.15, 0.2) is 42.5 Å². The van der Waals surface area contributed by atoms with E-state index in [2.05, 4.69) is 0 Å². The molecule has 0 N–H and O–H groups in total. The highest BCUT2D eigenvalue weighted by Gasteiger charge is 2.19. The first-order valence-electron chi connectivity index (χ1n) is 8.29. The minimum atomic E-state index is -1.25. The van der Waals surface area contributed by atoms with E-state index in [0.29, 0.717) is 23.8 Å². The average Bonchev–Trinajstić information content (AvgIpc) is 2.63. The van der Waals surface area contributed by atoms with E-state index in [9.17, 15) is 13.2 Å². The number of ether oxygens (including phenoxy) is 2. The van der Waals surface area contributed by atoms with Crippen molar-refractivity contribution in [1.82, 2.24) is 0 Å². The smallest absolute Gasteiger partial charge is 0.201 e. The molecule has 0 unspecified atom stereocenters. The first kappa shape index (κ1) is 18.1. The predicted molar refractivity (Wildman–Crippen MR) is 96.1 cm³/mol. The van der Waals surface area contributed by atoms with Crippen molar-refractivity contribution in [3.63, 3.8) is 0 Å². The summed E-state index contributed by atoms with van der Waals surface area (Å²) in [5.41, 5.74) is 0.744. The number of benzene rings is 3. The van der Waals surface area contributed by atoms with Gasteiger partial charge in [0.15, 0.2) is 11.6 Å². The van der Waals surface area contributed by atoms with Gasteiger partial charge in [-0.2, -0.15) is 4.39 Å². The molecular formula is C21H19F3O2. The summed E-state index contributed by atoms with van der Waals surface area (Å²) in [6, 6.07) is 11.2. The molecule has 26 heavy (non-hydrogen) atoms. The van der Waals surface area contributed by atoms with Gasteiger partial charge >= 0.3 is 0 Å². The van der Waals surface area contributed by atoms with Gasteiger partial charge in [-0.25, -0.2) is 8.78 Å². The number of hydrogen-bond donors (Lipinski definition) is 0. The summed E-state index contributed by atoms with van der Waals surface area (Å²) in [5, 5.41) is -0.153. The van der Waals surface area contributed by atoms with E-state index in [1.165, 1.54) is 13.2 Å². The molecule has 0 saturated carbocycles. The highest BCUT2D eigenvalue weighted by Crippen LogP contribution is 2.35. The second-order valence-corrected chi connectivity index (χ2v) is 6.46.